The highest BCUT2D eigenvalue weighted by molar-refractivity contribution is 5.77. The molecule has 0 unspecified atom stereocenters. The third-order valence-electron chi connectivity index (χ3n) is 3.29. The average molecular weight is 270 g/mol. The predicted molar refractivity (Wildman–Crippen MR) is 77.2 cm³/mol. The van der Waals surface area contributed by atoms with E-state index >= 15 is 0 Å². The minimum absolute atomic E-state index is 0.213. The summed E-state index contributed by atoms with van der Waals surface area (Å²) < 4.78 is 18.7. The summed E-state index contributed by atoms with van der Waals surface area (Å²) in [5, 5.41) is 3.28. The summed E-state index contributed by atoms with van der Waals surface area (Å²) in [5.41, 5.74) is 4.55. The minimum atomic E-state index is -0.213. The van der Waals surface area contributed by atoms with Crippen LogP contribution in [0, 0.1) is 19.7 Å². The molecule has 4 heteroatoms. The Balaban J connectivity index is 1.80. The lowest BCUT2D eigenvalue weighted by molar-refractivity contribution is 0.561. The second kappa shape index (κ2) is 4.96. The summed E-state index contributed by atoms with van der Waals surface area (Å²) in [4.78, 5) is 4.29. The average Bonchev–Trinajstić information content (AvgIpc) is 2.79. The first-order valence-corrected chi connectivity index (χ1v) is 6.48. The number of nitrogens with one attached hydrogen (secondary N) is 1. The lowest BCUT2D eigenvalue weighted by Gasteiger charge is -2.09. The Morgan fingerprint density at radius 1 is 1.15 bits per heavy atom. The van der Waals surface area contributed by atoms with E-state index in [-0.39, 0.29) is 5.82 Å². The maximum atomic E-state index is 13.2. The van der Waals surface area contributed by atoms with Crippen LogP contribution in [0.1, 0.15) is 17.0 Å². The van der Waals surface area contributed by atoms with Gasteiger partial charge in [0.05, 0.1) is 0 Å². The normalized spacial score (nSPS) is 10.9. The van der Waals surface area contributed by atoms with Crippen LogP contribution in [0.2, 0.25) is 0 Å². The molecule has 1 N–H and O–H groups in total. The number of aryl methyl sites for hydroxylation is 2. The van der Waals surface area contributed by atoms with E-state index in [2.05, 4.69) is 10.3 Å². The second-order valence-corrected chi connectivity index (χ2v) is 4.84. The van der Waals surface area contributed by atoms with Crippen molar-refractivity contribution in [3.05, 3.63) is 59.2 Å². The molecule has 0 aliphatic carbocycles. The standard InChI is InChI=1S/C16H15FN2O/c1-10-3-4-13(17)7-12(10)9-18-14-5-6-16-15(8-14)19-11(2)20-16/h3-8,18H,9H2,1-2H3. The zero-order valence-electron chi connectivity index (χ0n) is 11.4. The largest absolute Gasteiger partial charge is 0.441 e. The number of hydrogen-bond acceptors (Lipinski definition) is 3. The van der Waals surface area contributed by atoms with Crippen molar-refractivity contribution < 1.29 is 8.81 Å². The smallest absolute Gasteiger partial charge is 0.192 e. The summed E-state index contributed by atoms with van der Waals surface area (Å²) in [7, 11) is 0. The molecule has 0 saturated carbocycles. The summed E-state index contributed by atoms with van der Waals surface area (Å²) in [6, 6.07) is 10.6. The first-order valence-electron chi connectivity index (χ1n) is 6.48. The third kappa shape index (κ3) is 2.50. The van der Waals surface area contributed by atoms with E-state index in [1.54, 1.807) is 12.1 Å². The van der Waals surface area contributed by atoms with Crippen LogP contribution in [0.5, 0.6) is 0 Å². The molecule has 3 rings (SSSR count). The van der Waals surface area contributed by atoms with E-state index in [9.17, 15) is 4.39 Å². The van der Waals surface area contributed by atoms with Crippen molar-refractivity contribution in [3.8, 4) is 0 Å². The van der Waals surface area contributed by atoms with Gasteiger partial charge in [-0.05, 0) is 48.4 Å². The molecular weight excluding hydrogens is 255 g/mol. The van der Waals surface area contributed by atoms with E-state index in [0.717, 1.165) is 27.9 Å². The highest BCUT2D eigenvalue weighted by Gasteiger charge is 2.04. The number of benzene rings is 2. The molecule has 0 amide bonds. The van der Waals surface area contributed by atoms with E-state index in [1.165, 1.54) is 6.07 Å². The Morgan fingerprint density at radius 2 is 2.00 bits per heavy atom. The quantitative estimate of drug-likeness (QED) is 0.775. The molecule has 3 nitrogen and oxygen atoms in total. The van der Waals surface area contributed by atoms with Crippen molar-refractivity contribution in [1.82, 2.24) is 4.98 Å². The molecule has 1 aromatic heterocycles. The van der Waals surface area contributed by atoms with E-state index in [1.807, 2.05) is 32.0 Å². The fourth-order valence-corrected chi connectivity index (χ4v) is 2.18. The van der Waals surface area contributed by atoms with Gasteiger partial charge in [-0.3, -0.25) is 0 Å². The van der Waals surface area contributed by atoms with Crippen LogP contribution in [-0.2, 0) is 6.54 Å². The Labute approximate surface area is 116 Å². The lowest BCUT2D eigenvalue weighted by atomic mass is 10.1. The maximum Gasteiger partial charge on any atom is 0.192 e. The van der Waals surface area contributed by atoms with Crippen molar-refractivity contribution in [2.75, 3.05) is 5.32 Å². The number of rotatable bonds is 3. The van der Waals surface area contributed by atoms with Crippen molar-refractivity contribution >= 4 is 16.8 Å². The maximum absolute atomic E-state index is 13.2. The molecule has 3 aromatic rings. The molecule has 0 fully saturated rings. The lowest BCUT2D eigenvalue weighted by Crippen LogP contribution is -2.01. The molecule has 20 heavy (non-hydrogen) atoms. The fourth-order valence-electron chi connectivity index (χ4n) is 2.18. The molecule has 0 aliphatic heterocycles. The van der Waals surface area contributed by atoms with Gasteiger partial charge in [0.1, 0.15) is 11.3 Å². The minimum Gasteiger partial charge on any atom is -0.441 e. The Hall–Kier alpha value is -2.36. The molecule has 0 atom stereocenters. The SMILES string of the molecule is Cc1nc2cc(NCc3cc(F)ccc3C)ccc2o1. The van der Waals surface area contributed by atoms with Crippen LogP contribution < -0.4 is 5.32 Å². The molecular formula is C16H15FN2O. The zero-order chi connectivity index (χ0) is 14.1. The second-order valence-electron chi connectivity index (χ2n) is 4.84. The highest BCUT2D eigenvalue weighted by atomic mass is 19.1. The van der Waals surface area contributed by atoms with Gasteiger partial charge >= 0.3 is 0 Å². The Kier molecular flexibility index (Phi) is 3.14. The first-order chi connectivity index (χ1) is 9.61. The number of halogens is 1. The number of oxazole rings is 1. The fraction of sp³-hybridized carbons (Fsp3) is 0.188. The third-order valence-corrected chi connectivity index (χ3v) is 3.29. The van der Waals surface area contributed by atoms with Crippen LogP contribution in [0.4, 0.5) is 10.1 Å². The van der Waals surface area contributed by atoms with Crippen molar-refractivity contribution in [3.63, 3.8) is 0 Å². The molecule has 0 aliphatic rings. The van der Waals surface area contributed by atoms with Crippen molar-refractivity contribution in [1.29, 1.82) is 0 Å². The van der Waals surface area contributed by atoms with Crippen molar-refractivity contribution in [2.24, 2.45) is 0 Å². The molecule has 102 valence electrons. The van der Waals surface area contributed by atoms with Gasteiger partial charge in [-0.2, -0.15) is 0 Å². The molecule has 0 spiro atoms. The monoisotopic (exact) mass is 270 g/mol. The zero-order valence-corrected chi connectivity index (χ0v) is 11.4. The molecule has 0 bridgehead atoms. The molecule has 2 aromatic carbocycles. The molecule has 0 saturated heterocycles. The van der Waals surface area contributed by atoms with Gasteiger partial charge in [-0.15, -0.1) is 0 Å². The van der Waals surface area contributed by atoms with Gasteiger partial charge < -0.3 is 9.73 Å². The van der Waals surface area contributed by atoms with E-state index in [4.69, 9.17) is 4.42 Å². The summed E-state index contributed by atoms with van der Waals surface area (Å²) >= 11 is 0. The van der Waals surface area contributed by atoms with Crippen LogP contribution in [0.25, 0.3) is 11.1 Å². The number of fused-ring (bicyclic) bond motifs is 1. The van der Waals surface area contributed by atoms with E-state index in [0.29, 0.717) is 12.4 Å². The van der Waals surface area contributed by atoms with Crippen molar-refractivity contribution in [2.45, 2.75) is 20.4 Å². The van der Waals surface area contributed by atoms with Gasteiger partial charge in [0.2, 0.25) is 0 Å². The van der Waals surface area contributed by atoms with E-state index < -0.39 is 0 Å². The Bertz CT molecular complexity index is 764. The Morgan fingerprint density at radius 3 is 2.85 bits per heavy atom. The van der Waals surface area contributed by atoms with Gasteiger partial charge in [0, 0.05) is 19.2 Å². The number of hydrogen-bond donors (Lipinski definition) is 1. The van der Waals surface area contributed by atoms with Gasteiger partial charge in [0.15, 0.2) is 11.5 Å². The van der Waals surface area contributed by atoms with Crippen LogP contribution in [0.15, 0.2) is 40.8 Å². The van der Waals surface area contributed by atoms with Crippen LogP contribution in [0.3, 0.4) is 0 Å². The summed E-state index contributed by atoms with van der Waals surface area (Å²) in [5.74, 6) is 0.438. The molecule has 0 radical (unpaired) electrons. The first kappa shape index (κ1) is 12.7. The number of anilines is 1. The van der Waals surface area contributed by atoms with Gasteiger partial charge in [0.25, 0.3) is 0 Å². The summed E-state index contributed by atoms with van der Waals surface area (Å²) in [6.07, 6.45) is 0. The molecule has 1 heterocycles. The number of aromatic nitrogens is 1. The van der Waals surface area contributed by atoms with Crippen LogP contribution >= 0.6 is 0 Å². The summed E-state index contributed by atoms with van der Waals surface area (Å²) in [6.45, 7) is 4.37. The predicted octanol–water partition coefficient (Wildman–Crippen LogP) is 4.20. The topological polar surface area (TPSA) is 38.1 Å². The highest BCUT2D eigenvalue weighted by Crippen LogP contribution is 2.20. The van der Waals surface area contributed by atoms with Crippen LogP contribution in [-0.4, -0.2) is 4.98 Å². The van der Waals surface area contributed by atoms with Gasteiger partial charge in [-0.25, -0.2) is 9.37 Å². The van der Waals surface area contributed by atoms with Gasteiger partial charge in [-0.1, -0.05) is 6.07 Å². The number of nitrogens with zero attached hydrogens (tertiary/aromatic N) is 1.